The molecule has 1 N–H and O–H groups in total. The molecule has 1 aliphatic heterocycles. The van der Waals surface area contributed by atoms with Gasteiger partial charge in [0.05, 0.1) is 5.56 Å². The first-order valence-electron chi connectivity index (χ1n) is 9.05. The van der Waals surface area contributed by atoms with Gasteiger partial charge in [-0.2, -0.15) is 8.78 Å². The molecular weight excluding hydrogens is 384 g/mol. The lowest BCUT2D eigenvalue weighted by Gasteiger charge is -2.31. The fourth-order valence-electron chi connectivity index (χ4n) is 3.18. The van der Waals surface area contributed by atoms with Crippen molar-refractivity contribution >= 4 is 23.6 Å². The highest BCUT2D eigenvalue weighted by Gasteiger charge is 2.29. The number of hydrogen-bond donors (Lipinski definition) is 1. The van der Waals surface area contributed by atoms with Crippen LogP contribution in [0.1, 0.15) is 28.8 Å². The number of halogens is 2. The summed E-state index contributed by atoms with van der Waals surface area (Å²) in [6.07, 6.45) is 2.48. The number of pyridine rings is 1. The predicted molar refractivity (Wildman–Crippen MR) is 103 cm³/mol. The summed E-state index contributed by atoms with van der Waals surface area (Å²) < 4.78 is 25.4. The van der Waals surface area contributed by atoms with Crippen LogP contribution in [0.15, 0.2) is 53.7 Å². The van der Waals surface area contributed by atoms with Gasteiger partial charge in [0.1, 0.15) is 5.03 Å². The summed E-state index contributed by atoms with van der Waals surface area (Å²) in [5, 5.41) is 2.97. The molecule has 5 nitrogen and oxygen atoms in total. The maximum Gasteiger partial charge on any atom is 0.290 e. The average molecular weight is 405 g/mol. The average Bonchev–Trinajstić information content (AvgIpc) is 2.72. The van der Waals surface area contributed by atoms with Gasteiger partial charge in [-0.15, -0.1) is 0 Å². The van der Waals surface area contributed by atoms with Crippen LogP contribution in [0.2, 0.25) is 0 Å². The Morgan fingerprint density at radius 2 is 1.86 bits per heavy atom. The fraction of sp³-hybridized carbons (Fsp3) is 0.350. The molecule has 1 aromatic carbocycles. The number of thioether (sulfide) groups is 1. The lowest BCUT2D eigenvalue weighted by Crippen LogP contribution is -2.43. The SMILES string of the molecule is O=C(NCc1ccccc1)C1CCN(C(=O)c2cccnc2SC(F)F)CC1. The largest absolute Gasteiger partial charge is 0.352 e. The number of benzene rings is 1. The summed E-state index contributed by atoms with van der Waals surface area (Å²) in [5.41, 5.74) is 1.21. The van der Waals surface area contributed by atoms with Crippen LogP contribution in [0.25, 0.3) is 0 Å². The van der Waals surface area contributed by atoms with Crippen LogP contribution in [0.5, 0.6) is 0 Å². The quantitative estimate of drug-likeness (QED) is 0.747. The number of amides is 2. The topological polar surface area (TPSA) is 62.3 Å². The van der Waals surface area contributed by atoms with Gasteiger partial charge in [-0.1, -0.05) is 30.3 Å². The van der Waals surface area contributed by atoms with Crippen molar-refractivity contribution in [1.82, 2.24) is 15.2 Å². The molecule has 0 saturated carbocycles. The van der Waals surface area contributed by atoms with Gasteiger partial charge < -0.3 is 10.2 Å². The van der Waals surface area contributed by atoms with Gasteiger partial charge in [0.2, 0.25) is 5.91 Å². The molecule has 1 saturated heterocycles. The first kappa shape index (κ1) is 20.3. The molecule has 0 spiro atoms. The number of carbonyl (C=O) groups excluding carboxylic acids is 2. The van der Waals surface area contributed by atoms with Crippen molar-refractivity contribution in [2.24, 2.45) is 5.92 Å². The number of piperidine rings is 1. The Labute approximate surface area is 166 Å². The minimum atomic E-state index is -2.64. The van der Waals surface area contributed by atoms with Crippen molar-refractivity contribution in [2.75, 3.05) is 13.1 Å². The molecule has 1 aliphatic rings. The monoisotopic (exact) mass is 405 g/mol. The van der Waals surface area contributed by atoms with Crippen molar-refractivity contribution in [3.63, 3.8) is 0 Å². The minimum Gasteiger partial charge on any atom is -0.352 e. The Morgan fingerprint density at radius 1 is 1.14 bits per heavy atom. The molecule has 0 unspecified atom stereocenters. The zero-order valence-electron chi connectivity index (χ0n) is 15.2. The smallest absolute Gasteiger partial charge is 0.290 e. The molecule has 28 heavy (non-hydrogen) atoms. The number of nitrogens with one attached hydrogen (secondary N) is 1. The highest BCUT2D eigenvalue weighted by molar-refractivity contribution is 7.99. The molecule has 0 bridgehead atoms. The van der Waals surface area contributed by atoms with Crippen LogP contribution < -0.4 is 5.32 Å². The number of aromatic nitrogens is 1. The molecule has 2 aromatic rings. The van der Waals surface area contributed by atoms with E-state index in [4.69, 9.17) is 0 Å². The Bertz CT molecular complexity index is 812. The van der Waals surface area contributed by atoms with E-state index in [0.717, 1.165) is 5.56 Å². The standard InChI is InChI=1S/C20H21F2N3O2S/c21-20(22)28-18-16(7-4-10-23-18)19(27)25-11-8-15(9-12-25)17(26)24-13-14-5-2-1-3-6-14/h1-7,10,15,20H,8-9,11-13H2,(H,24,26). The molecule has 2 heterocycles. The minimum absolute atomic E-state index is 0.0220. The van der Waals surface area contributed by atoms with Gasteiger partial charge in [0.15, 0.2) is 0 Å². The van der Waals surface area contributed by atoms with Crippen LogP contribution in [0, 0.1) is 5.92 Å². The summed E-state index contributed by atoms with van der Waals surface area (Å²) in [6, 6.07) is 12.7. The summed E-state index contributed by atoms with van der Waals surface area (Å²) in [6.45, 7) is 1.30. The lowest BCUT2D eigenvalue weighted by molar-refractivity contribution is -0.126. The maximum absolute atomic E-state index is 12.7. The van der Waals surface area contributed by atoms with Crippen molar-refractivity contribution in [1.29, 1.82) is 0 Å². The Morgan fingerprint density at radius 3 is 2.54 bits per heavy atom. The van der Waals surface area contributed by atoms with Gasteiger partial charge in [-0.25, -0.2) is 4.98 Å². The van der Waals surface area contributed by atoms with E-state index in [0.29, 0.717) is 32.5 Å². The number of nitrogens with zero attached hydrogens (tertiary/aromatic N) is 2. The summed E-state index contributed by atoms with van der Waals surface area (Å²) in [5.74, 6) is -3.14. The van der Waals surface area contributed by atoms with Crippen molar-refractivity contribution < 1.29 is 18.4 Å². The van der Waals surface area contributed by atoms with Gasteiger partial charge in [0, 0.05) is 31.7 Å². The lowest BCUT2D eigenvalue weighted by atomic mass is 9.95. The Hall–Kier alpha value is -2.48. The number of hydrogen-bond acceptors (Lipinski definition) is 4. The molecular formula is C20H21F2N3O2S. The van der Waals surface area contributed by atoms with Crippen LogP contribution in [-0.4, -0.2) is 40.5 Å². The van der Waals surface area contributed by atoms with E-state index in [9.17, 15) is 18.4 Å². The maximum atomic E-state index is 12.7. The van der Waals surface area contributed by atoms with Crippen LogP contribution in [0.3, 0.4) is 0 Å². The second-order valence-electron chi connectivity index (χ2n) is 6.50. The van der Waals surface area contributed by atoms with E-state index in [1.54, 1.807) is 11.0 Å². The zero-order valence-corrected chi connectivity index (χ0v) is 16.0. The summed E-state index contributed by atoms with van der Waals surface area (Å²) in [4.78, 5) is 30.6. The van der Waals surface area contributed by atoms with E-state index in [-0.39, 0.29) is 40.1 Å². The number of likely N-dealkylation sites (tertiary alicyclic amines) is 1. The van der Waals surface area contributed by atoms with Gasteiger partial charge >= 0.3 is 0 Å². The van der Waals surface area contributed by atoms with Gasteiger partial charge in [-0.3, -0.25) is 9.59 Å². The zero-order chi connectivity index (χ0) is 19.9. The third-order valence-electron chi connectivity index (χ3n) is 4.66. The van der Waals surface area contributed by atoms with Crippen LogP contribution in [-0.2, 0) is 11.3 Å². The molecule has 0 atom stereocenters. The normalized spacial score (nSPS) is 14.9. The van der Waals surface area contributed by atoms with E-state index in [1.165, 1.54) is 12.3 Å². The van der Waals surface area contributed by atoms with E-state index in [2.05, 4.69) is 10.3 Å². The summed E-state index contributed by atoms with van der Waals surface area (Å²) >= 11 is 0.271. The van der Waals surface area contributed by atoms with Crippen molar-refractivity contribution in [3.8, 4) is 0 Å². The van der Waals surface area contributed by atoms with E-state index >= 15 is 0 Å². The van der Waals surface area contributed by atoms with E-state index in [1.807, 2.05) is 30.3 Å². The second kappa shape index (κ2) is 9.64. The Balaban J connectivity index is 1.53. The highest BCUT2D eigenvalue weighted by atomic mass is 32.2. The van der Waals surface area contributed by atoms with Gasteiger partial charge in [-0.05, 0) is 42.3 Å². The predicted octanol–water partition coefficient (Wildman–Crippen LogP) is 3.56. The van der Waals surface area contributed by atoms with Gasteiger partial charge in [0.25, 0.3) is 11.7 Å². The highest BCUT2D eigenvalue weighted by Crippen LogP contribution is 2.28. The van der Waals surface area contributed by atoms with Crippen LogP contribution in [0.4, 0.5) is 8.78 Å². The van der Waals surface area contributed by atoms with Crippen LogP contribution >= 0.6 is 11.8 Å². The number of carbonyl (C=O) groups is 2. The molecule has 0 aliphatic carbocycles. The molecule has 1 fully saturated rings. The molecule has 3 rings (SSSR count). The molecule has 1 aromatic heterocycles. The first-order chi connectivity index (χ1) is 13.5. The fourth-order valence-corrected chi connectivity index (χ4v) is 3.75. The van der Waals surface area contributed by atoms with Crippen molar-refractivity contribution in [2.45, 2.75) is 30.2 Å². The third-order valence-corrected chi connectivity index (χ3v) is 5.39. The number of alkyl halides is 2. The molecule has 0 radical (unpaired) electrons. The third kappa shape index (κ3) is 5.28. The summed E-state index contributed by atoms with van der Waals surface area (Å²) in [7, 11) is 0. The first-order valence-corrected chi connectivity index (χ1v) is 9.93. The van der Waals surface area contributed by atoms with Crippen molar-refractivity contribution in [3.05, 3.63) is 59.8 Å². The number of rotatable bonds is 6. The second-order valence-corrected chi connectivity index (χ2v) is 7.48. The van der Waals surface area contributed by atoms with E-state index < -0.39 is 5.76 Å². The Kier molecular flexibility index (Phi) is 6.97. The molecule has 2 amide bonds. The molecule has 148 valence electrons. The molecule has 8 heteroatoms.